The van der Waals surface area contributed by atoms with Gasteiger partial charge in [0, 0.05) is 11.6 Å². The summed E-state index contributed by atoms with van der Waals surface area (Å²) in [5, 5.41) is 0.689. The average Bonchev–Trinajstić information content (AvgIpc) is 3.11. The normalized spacial score (nSPS) is 22.8. The van der Waals surface area contributed by atoms with Crippen LogP contribution in [-0.2, 0) is 11.2 Å². The van der Waals surface area contributed by atoms with Crippen molar-refractivity contribution in [2.75, 3.05) is 13.2 Å². The van der Waals surface area contributed by atoms with Gasteiger partial charge in [0.2, 0.25) is 5.91 Å². The third kappa shape index (κ3) is 2.89. The Morgan fingerprint density at radius 1 is 1.17 bits per heavy atom. The monoisotopic (exact) mass is 341 g/mol. The van der Waals surface area contributed by atoms with Gasteiger partial charge in [0.1, 0.15) is 12.4 Å². The first-order chi connectivity index (χ1) is 11.7. The van der Waals surface area contributed by atoms with E-state index in [-0.39, 0.29) is 17.9 Å². The smallest absolute Gasteiger partial charge is 0.229 e. The van der Waals surface area contributed by atoms with E-state index in [1.165, 1.54) is 5.56 Å². The highest BCUT2D eigenvalue weighted by Gasteiger charge is 2.36. The van der Waals surface area contributed by atoms with Crippen molar-refractivity contribution in [2.24, 2.45) is 5.92 Å². The van der Waals surface area contributed by atoms with E-state index in [1.807, 2.05) is 41.3 Å². The molecule has 24 heavy (non-hydrogen) atoms. The number of benzene rings is 2. The first-order valence-electron chi connectivity index (χ1n) is 8.49. The second-order valence-corrected chi connectivity index (χ2v) is 7.00. The van der Waals surface area contributed by atoms with E-state index in [4.69, 9.17) is 16.3 Å². The minimum atomic E-state index is -0.125. The minimum absolute atomic E-state index is 0.125. The Kier molecular flexibility index (Phi) is 4.19. The lowest BCUT2D eigenvalue weighted by Gasteiger charge is -2.31. The highest BCUT2D eigenvalue weighted by molar-refractivity contribution is 6.30. The fourth-order valence-electron chi connectivity index (χ4n) is 3.81. The zero-order valence-corrected chi connectivity index (χ0v) is 14.2. The van der Waals surface area contributed by atoms with E-state index in [0.29, 0.717) is 18.1 Å². The molecule has 2 heterocycles. The lowest BCUT2D eigenvalue weighted by atomic mass is 9.94. The first-order valence-corrected chi connectivity index (χ1v) is 8.87. The van der Waals surface area contributed by atoms with Crippen molar-refractivity contribution in [3.63, 3.8) is 0 Å². The van der Waals surface area contributed by atoms with Crippen molar-refractivity contribution >= 4 is 17.5 Å². The third-order valence-electron chi connectivity index (χ3n) is 5.00. The summed E-state index contributed by atoms with van der Waals surface area (Å²) in [5.74, 6) is 0.928. The van der Waals surface area contributed by atoms with Gasteiger partial charge in [-0.15, -0.1) is 0 Å². The Bertz CT molecular complexity index is 747. The summed E-state index contributed by atoms with van der Waals surface area (Å²) in [4.78, 5) is 15.1. The molecule has 0 saturated carbocycles. The predicted molar refractivity (Wildman–Crippen MR) is 94.3 cm³/mol. The number of hydrogen-bond acceptors (Lipinski definition) is 2. The van der Waals surface area contributed by atoms with Gasteiger partial charge in [0.25, 0.3) is 0 Å². The standard InChI is InChI=1S/C20H20ClNO2/c21-17-8-9-19-15(12-17)11-16(13-24-19)20(23)22-10-4-7-18(22)14-5-2-1-3-6-14/h1-3,5-6,8-9,12,16,18H,4,7,10-11,13H2. The zero-order valence-electron chi connectivity index (χ0n) is 13.5. The Morgan fingerprint density at radius 2 is 2.00 bits per heavy atom. The molecule has 1 amide bonds. The molecule has 4 rings (SSSR count). The van der Waals surface area contributed by atoms with Gasteiger partial charge in [-0.3, -0.25) is 4.79 Å². The summed E-state index contributed by atoms with van der Waals surface area (Å²) in [6.07, 6.45) is 2.79. The molecule has 1 fully saturated rings. The highest BCUT2D eigenvalue weighted by Crippen LogP contribution is 2.36. The number of nitrogens with zero attached hydrogens (tertiary/aromatic N) is 1. The number of fused-ring (bicyclic) bond motifs is 1. The quantitative estimate of drug-likeness (QED) is 0.817. The van der Waals surface area contributed by atoms with E-state index in [2.05, 4.69) is 12.1 Å². The van der Waals surface area contributed by atoms with Crippen LogP contribution >= 0.6 is 11.6 Å². The first kappa shape index (κ1) is 15.5. The van der Waals surface area contributed by atoms with Crippen molar-refractivity contribution in [1.82, 2.24) is 4.90 Å². The second-order valence-electron chi connectivity index (χ2n) is 6.56. The van der Waals surface area contributed by atoms with E-state index in [0.717, 1.165) is 30.7 Å². The van der Waals surface area contributed by atoms with Gasteiger partial charge in [-0.25, -0.2) is 0 Å². The van der Waals surface area contributed by atoms with Gasteiger partial charge in [-0.1, -0.05) is 41.9 Å². The molecule has 2 aromatic carbocycles. The second kappa shape index (κ2) is 6.48. The average molecular weight is 342 g/mol. The molecule has 0 aromatic heterocycles. The van der Waals surface area contributed by atoms with E-state index in [1.54, 1.807) is 0 Å². The highest BCUT2D eigenvalue weighted by atomic mass is 35.5. The van der Waals surface area contributed by atoms with Crippen LogP contribution in [0.5, 0.6) is 5.75 Å². The van der Waals surface area contributed by atoms with Gasteiger partial charge in [0.05, 0.1) is 12.0 Å². The molecule has 0 spiro atoms. The molecule has 2 atom stereocenters. The molecule has 2 aliphatic rings. The number of likely N-dealkylation sites (tertiary alicyclic amines) is 1. The van der Waals surface area contributed by atoms with Gasteiger partial charge >= 0.3 is 0 Å². The molecule has 124 valence electrons. The maximum Gasteiger partial charge on any atom is 0.229 e. The van der Waals surface area contributed by atoms with Crippen LogP contribution in [0.3, 0.4) is 0 Å². The van der Waals surface area contributed by atoms with Crippen LogP contribution in [0.1, 0.15) is 30.0 Å². The third-order valence-corrected chi connectivity index (χ3v) is 5.23. The Morgan fingerprint density at radius 3 is 2.83 bits per heavy atom. The molecule has 2 unspecified atom stereocenters. The molecule has 2 aliphatic heterocycles. The van der Waals surface area contributed by atoms with Crippen LogP contribution in [0.4, 0.5) is 0 Å². The number of ether oxygens (including phenoxy) is 1. The van der Waals surface area contributed by atoms with Gasteiger partial charge in [-0.05, 0) is 48.6 Å². The summed E-state index contributed by atoms with van der Waals surface area (Å²) in [6.45, 7) is 1.28. The topological polar surface area (TPSA) is 29.5 Å². The van der Waals surface area contributed by atoms with Crippen LogP contribution in [0, 0.1) is 5.92 Å². The molecule has 0 N–H and O–H groups in total. The van der Waals surface area contributed by atoms with Crippen molar-refractivity contribution in [1.29, 1.82) is 0 Å². The SMILES string of the molecule is O=C(C1COc2ccc(Cl)cc2C1)N1CCCC1c1ccccc1. The minimum Gasteiger partial charge on any atom is -0.492 e. The Labute approximate surface area is 147 Å². The van der Waals surface area contributed by atoms with Crippen molar-refractivity contribution in [3.05, 3.63) is 64.7 Å². The van der Waals surface area contributed by atoms with Gasteiger partial charge in [0.15, 0.2) is 0 Å². The number of halogens is 1. The van der Waals surface area contributed by atoms with Crippen LogP contribution in [0.2, 0.25) is 5.02 Å². The van der Waals surface area contributed by atoms with E-state index in [9.17, 15) is 4.79 Å². The van der Waals surface area contributed by atoms with Gasteiger partial charge < -0.3 is 9.64 Å². The molecule has 1 saturated heterocycles. The number of amides is 1. The van der Waals surface area contributed by atoms with E-state index < -0.39 is 0 Å². The molecule has 4 heteroatoms. The molecule has 2 aromatic rings. The van der Waals surface area contributed by atoms with Crippen LogP contribution in [0.15, 0.2) is 48.5 Å². The number of hydrogen-bond donors (Lipinski definition) is 0. The predicted octanol–water partition coefficient (Wildman–Crippen LogP) is 4.25. The van der Waals surface area contributed by atoms with Crippen molar-refractivity contribution in [2.45, 2.75) is 25.3 Å². The molecular formula is C20H20ClNO2. The van der Waals surface area contributed by atoms with Crippen molar-refractivity contribution < 1.29 is 9.53 Å². The number of carbonyl (C=O) groups excluding carboxylic acids is 1. The Hall–Kier alpha value is -2.00. The molecular weight excluding hydrogens is 322 g/mol. The summed E-state index contributed by atoms with van der Waals surface area (Å²) in [7, 11) is 0. The molecule has 3 nitrogen and oxygen atoms in total. The fourth-order valence-corrected chi connectivity index (χ4v) is 4.00. The largest absolute Gasteiger partial charge is 0.492 e. The maximum absolute atomic E-state index is 13.1. The van der Waals surface area contributed by atoms with E-state index >= 15 is 0 Å². The summed E-state index contributed by atoms with van der Waals surface area (Å²) in [6, 6.07) is 16.1. The number of rotatable bonds is 2. The lowest BCUT2D eigenvalue weighted by Crippen LogP contribution is -2.40. The number of carbonyl (C=O) groups is 1. The zero-order chi connectivity index (χ0) is 16.5. The van der Waals surface area contributed by atoms with Crippen molar-refractivity contribution in [3.8, 4) is 5.75 Å². The summed E-state index contributed by atoms with van der Waals surface area (Å²) >= 11 is 6.08. The van der Waals surface area contributed by atoms with Crippen LogP contribution in [0.25, 0.3) is 0 Å². The van der Waals surface area contributed by atoms with Crippen LogP contribution < -0.4 is 4.74 Å². The summed E-state index contributed by atoms with van der Waals surface area (Å²) < 4.78 is 5.81. The molecule has 0 radical (unpaired) electrons. The summed E-state index contributed by atoms with van der Waals surface area (Å²) in [5.41, 5.74) is 2.26. The molecule has 0 aliphatic carbocycles. The lowest BCUT2D eigenvalue weighted by molar-refractivity contribution is -0.137. The Balaban J connectivity index is 1.53. The van der Waals surface area contributed by atoms with Gasteiger partial charge in [-0.2, -0.15) is 0 Å². The molecule has 0 bridgehead atoms. The maximum atomic E-state index is 13.1. The van der Waals surface area contributed by atoms with Crippen LogP contribution in [-0.4, -0.2) is 24.0 Å². The fraction of sp³-hybridized carbons (Fsp3) is 0.350.